The third-order valence-electron chi connectivity index (χ3n) is 5.30. The Morgan fingerprint density at radius 3 is 2.16 bits per heavy atom. The van der Waals surface area contributed by atoms with Gasteiger partial charge >= 0.3 is 5.97 Å². The quantitative estimate of drug-likeness (QED) is 0.593. The molecule has 6 atom stereocenters. The number of hydrogen-bond donors (Lipinski definition) is 1. The van der Waals surface area contributed by atoms with Crippen LogP contribution in [0.5, 0.6) is 0 Å². The van der Waals surface area contributed by atoms with Crippen molar-refractivity contribution >= 4 is 17.8 Å². The van der Waals surface area contributed by atoms with Gasteiger partial charge in [-0.05, 0) is 30.1 Å². The summed E-state index contributed by atoms with van der Waals surface area (Å²) in [6.07, 6.45) is 5.22. The molecular formula is C14H15NO4. The fourth-order valence-corrected chi connectivity index (χ4v) is 4.45. The zero-order chi connectivity index (χ0) is 13.3. The molecule has 4 aliphatic carbocycles. The summed E-state index contributed by atoms with van der Waals surface area (Å²) in [5.41, 5.74) is 0. The first-order valence-electron chi connectivity index (χ1n) is 6.85. The van der Waals surface area contributed by atoms with Crippen LogP contribution in [-0.2, 0) is 14.4 Å². The Hall–Kier alpha value is -1.65. The molecule has 0 radical (unpaired) electrons. The fraction of sp³-hybridized carbons (Fsp3) is 0.643. The first kappa shape index (κ1) is 11.2. The number of likely N-dealkylation sites (tertiary alicyclic amines) is 1. The lowest BCUT2D eigenvalue weighted by molar-refractivity contribution is -0.142. The number of imide groups is 1. The molecule has 0 aromatic rings. The van der Waals surface area contributed by atoms with E-state index in [1.165, 1.54) is 4.90 Å². The topological polar surface area (TPSA) is 74.7 Å². The van der Waals surface area contributed by atoms with Crippen molar-refractivity contribution in [3.8, 4) is 0 Å². The van der Waals surface area contributed by atoms with Crippen molar-refractivity contribution in [2.45, 2.75) is 12.8 Å². The van der Waals surface area contributed by atoms with E-state index in [-0.39, 0.29) is 48.5 Å². The van der Waals surface area contributed by atoms with E-state index in [1.54, 1.807) is 0 Å². The van der Waals surface area contributed by atoms with Gasteiger partial charge < -0.3 is 5.11 Å². The Kier molecular flexibility index (Phi) is 2.04. The Morgan fingerprint density at radius 2 is 1.68 bits per heavy atom. The van der Waals surface area contributed by atoms with Crippen LogP contribution in [0.25, 0.3) is 0 Å². The molecule has 2 saturated carbocycles. The molecule has 2 bridgehead atoms. The van der Waals surface area contributed by atoms with Gasteiger partial charge in [0.15, 0.2) is 0 Å². The van der Waals surface area contributed by atoms with E-state index in [9.17, 15) is 14.4 Å². The molecule has 19 heavy (non-hydrogen) atoms. The molecule has 5 heteroatoms. The summed E-state index contributed by atoms with van der Waals surface area (Å²) >= 11 is 0. The standard InChI is InChI=1S/C14H15NO4/c16-10(17)3-4-15-13(18)11-6-1-2-7(9-5-8(6)9)12(11)14(15)19/h1-2,6-9,11-12H,3-5H2,(H,16,17)/t6-,7-,8+,9+,11-,12-/m1/s1. The van der Waals surface area contributed by atoms with Gasteiger partial charge in [-0.3, -0.25) is 19.3 Å². The van der Waals surface area contributed by atoms with Crippen LogP contribution in [0.15, 0.2) is 12.2 Å². The largest absolute Gasteiger partial charge is 0.481 e. The number of rotatable bonds is 3. The highest BCUT2D eigenvalue weighted by molar-refractivity contribution is 6.06. The minimum Gasteiger partial charge on any atom is -0.481 e. The van der Waals surface area contributed by atoms with Crippen LogP contribution >= 0.6 is 0 Å². The molecule has 1 aliphatic heterocycles. The van der Waals surface area contributed by atoms with Gasteiger partial charge in [0.1, 0.15) is 0 Å². The van der Waals surface area contributed by atoms with Crippen LogP contribution < -0.4 is 0 Å². The van der Waals surface area contributed by atoms with Crippen LogP contribution in [0.4, 0.5) is 0 Å². The van der Waals surface area contributed by atoms with Gasteiger partial charge in [-0.2, -0.15) is 0 Å². The predicted octanol–water partition coefficient (Wildman–Crippen LogP) is 0.514. The molecule has 5 rings (SSSR count). The average molecular weight is 261 g/mol. The second kappa shape index (κ2) is 3.46. The number of aliphatic carboxylic acids is 1. The van der Waals surface area contributed by atoms with Gasteiger partial charge in [-0.1, -0.05) is 12.2 Å². The maximum Gasteiger partial charge on any atom is 0.305 e. The van der Waals surface area contributed by atoms with Crippen molar-refractivity contribution < 1.29 is 19.5 Å². The second-order valence-corrected chi connectivity index (χ2v) is 6.13. The summed E-state index contributed by atoms with van der Waals surface area (Å²) in [5.74, 6) is -0.0567. The molecule has 2 amide bonds. The van der Waals surface area contributed by atoms with Crippen molar-refractivity contribution in [2.24, 2.45) is 35.5 Å². The molecule has 100 valence electrons. The number of carbonyl (C=O) groups excluding carboxylic acids is 2. The van der Waals surface area contributed by atoms with Crippen molar-refractivity contribution in [2.75, 3.05) is 6.54 Å². The van der Waals surface area contributed by atoms with E-state index >= 15 is 0 Å². The molecule has 0 aromatic heterocycles. The Labute approximate surface area is 110 Å². The summed E-state index contributed by atoms with van der Waals surface area (Å²) in [5, 5.41) is 8.71. The number of allylic oxidation sites excluding steroid dienone is 2. The van der Waals surface area contributed by atoms with E-state index in [1.807, 2.05) is 0 Å². The predicted molar refractivity (Wildman–Crippen MR) is 63.7 cm³/mol. The van der Waals surface area contributed by atoms with E-state index in [0.29, 0.717) is 11.8 Å². The lowest BCUT2D eigenvalue weighted by Crippen LogP contribution is -2.40. The molecule has 5 aliphatic rings. The summed E-state index contributed by atoms with van der Waals surface area (Å²) in [4.78, 5) is 36.6. The lowest BCUT2D eigenvalue weighted by atomic mass is 9.63. The van der Waals surface area contributed by atoms with Gasteiger partial charge in [0.25, 0.3) is 0 Å². The molecule has 1 N–H and O–H groups in total. The maximum atomic E-state index is 12.4. The van der Waals surface area contributed by atoms with Gasteiger partial charge in [-0.15, -0.1) is 0 Å². The summed E-state index contributed by atoms with van der Waals surface area (Å²) < 4.78 is 0. The molecule has 0 aromatic carbocycles. The van der Waals surface area contributed by atoms with Gasteiger partial charge in [0.2, 0.25) is 11.8 Å². The zero-order valence-electron chi connectivity index (χ0n) is 10.4. The second-order valence-electron chi connectivity index (χ2n) is 6.13. The highest BCUT2D eigenvalue weighted by atomic mass is 16.4. The number of amides is 2. The van der Waals surface area contributed by atoms with Crippen molar-refractivity contribution in [3.05, 3.63) is 12.2 Å². The van der Waals surface area contributed by atoms with Crippen molar-refractivity contribution in [1.82, 2.24) is 4.90 Å². The van der Waals surface area contributed by atoms with Crippen molar-refractivity contribution in [1.29, 1.82) is 0 Å². The molecular weight excluding hydrogens is 246 g/mol. The van der Waals surface area contributed by atoms with Crippen LogP contribution in [-0.4, -0.2) is 34.3 Å². The summed E-state index contributed by atoms with van der Waals surface area (Å²) in [6, 6.07) is 0. The van der Waals surface area contributed by atoms with Gasteiger partial charge in [0, 0.05) is 6.54 Å². The number of carboxylic acids is 1. The van der Waals surface area contributed by atoms with E-state index in [2.05, 4.69) is 12.2 Å². The van der Waals surface area contributed by atoms with Gasteiger partial charge in [-0.25, -0.2) is 0 Å². The maximum absolute atomic E-state index is 12.4. The number of nitrogens with zero attached hydrogens (tertiary/aromatic N) is 1. The number of hydrogen-bond acceptors (Lipinski definition) is 3. The minimum atomic E-state index is -0.973. The Balaban J connectivity index is 1.63. The molecule has 0 spiro atoms. The molecule has 5 nitrogen and oxygen atoms in total. The van der Waals surface area contributed by atoms with E-state index < -0.39 is 5.97 Å². The average Bonchev–Trinajstić information content (AvgIpc) is 3.14. The first-order chi connectivity index (χ1) is 9.09. The van der Waals surface area contributed by atoms with Crippen LogP contribution in [0.1, 0.15) is 12.8 Å². The molecule has 1 saturated heterocycles. The first-order valence-corrected chi connectivity index (χ1v) is 6.85. The van der Waals surface area contributed by atoms with E-state index in [0.717, 1.165) is 6.42 Å². The van der Waals surface area contributed by atoms with Crippen LogP contribution in [0.2, 0.25) is 0 Å². The van der Waals surface area contributed by atoms with E-state index in [4.69, 9.17) is 5.11 Å². The minimum absolute atomic E-state index is 0.0226. The monoisotopic (exact) mass is 261 g/mol. The lowest BCUT2D eigenvalue weighted by Gasteiger charge is -2.37. The molecule has 1 heterocycles. The Bertz CT molecular complexity index is 490. The smallest absolute Gasteiger partial charge is 0.305 e. The summed E-state index contributed by atoms with van der Waals surface area (Å²) in [7, 11) is 0. The van der Waals surface area contributed by atoms with Gasteiger partial charge in [0.05, 0.1) is 18.3 Å². The summed E-state index contributed by atoms with van der Waals surface area (Å²) in [6.45, 7) is 0.0226. The van der Waals surface area contributed by atoms with Crippen LogP contribution in [0, 0.1) is 35.5 Å². The molecule has 3 fully saturated rings. The zero-order valence-corrected chi connectivity index (χ0v) is 10.4. The van der Waals surface area contributed by atoms with Crippen molar-refractivity contribution in [3.63, 3.8) is 0 Å². The highest BCUT2D eigenvalue weighted by Crippen LogP contribution is 2.65. The highest BCUT2D eigenvalue weighted by Gasteiger charge is 2.66. The number of carbonyl (C=O) groups is 3. The third kappa shape index (κ3) is 1.33. The van der Waals surface area contributed by atoms with Crippen LogP contribution in [0.3, 0.4) is 0 Å². The number of carboxylic acid groups (broad SMARTS) is 1. The third-order valence-corrected chi connectivity index (χ3v) is 5.30. The fourth-order valence-electron chi connectivity index (χ4n) is 4.45. The Morgan fingerprint density at radius 1 is 1.16 bits per heavy atom. The normalized spacial score (nSPS) is 45.4. The SMILES string of the molecule is O=C(O)CCN1C(=O)[C@@H]2[C@@H]3C=C[C@H]([C@@H]4C[C@@H]34)[C@H]2C1=O. The molecule has 0 unspecified atom stereocenters.